The third kappa shape index (κ3) is 3.31. The Hall–Kier alpha value is -2.37. The molecule has 0 radical (unpaired) electrons. The van der Waals surface area contributed by atoms with E-state index in [1.165, 1.54) is 38.2 Å². The van der Waals surface area contributed by atoms with Gasteiger partial charge < -0.3 is 15.5 Å². The summed E-state index contributed by atoms with van der Waals surface area (Å²) in [6, 6.07) is 5.76. The van der Waals surface area contributed by atoms with Crippen molar-refractivity contribution < 1.29 is 14.4 Å². The Bertz CT molecular complexity index is 466. The highest BCUT2D eigenvalue weighted by Gasteiger charge is 2.17. The maximum atomic E-state index is 11.7. The van der Waals surface area contributed by atoms with Crippen LogP contribution in [0, 0.1) is 0 Å². The number of nitrogens with zero attached hydrogens (tertiary/aromatic N) is 1. The molecule has 0 aliphatic carbocycles. The van der Waals surface area contributed by atoms with Crippen molar-refractivity contribution in [2.24, 2.45) is 0 Å². The standard InChI is InChI=1S/C12H15N3O3/c1-13-12(18)14-9-6-4-8(5-7-9)10(16)11(17)15(2)3/h4-7H,1-3H3,(H2,13,14,18). The lowest BCUT2D eigenvalue weighted by Crippen LogP contribution is -2.29. The summed E-state index contributed by atoms with van der Waals surface area (Å²) in [5.41, 5.74) is 0.833. The maximum absolute atomic E-state index is 11.7. The van der Waals surface area contributed by atoms with E-state index < -0.39 is 11.7 Å². The van der Waals surface area contributed by atoms with E-state index in [-0.39, 0.29) is 11.6 Å². The monoisotopic (exact) mass is 249 g/mol. The van der Waals surface area contributed by atoms with Crippen LogP contribution in [0.25, 0.3) is 0 Å². The number of likely N-dealkylation sites (N-methyl/N-ethyl adjacent to an activating group) is 1. The molecule has 1 aromatic carbocycles. The molecule has 1 rings (SSSR count). The number of carbonyl (C=O) groups is 3. The minimum atomic E-state index is -0.581. The van der Waals surface area contributed by atoms with E-state index in [2.05, 4.69) is 10.6 Å². The van der Waals surface area contributed by atoms with Crippen LogP contribution in [-0.4, -0.2) is 43.8 Å². The van der Waals surface area contributed by atoms with Crippen LogP contribution in [0.5, 0.6) is 0 Å². The van der Waals surface area contributed by atoms with Gasteiger partial charge in [0.1, 0.15) is 0 Å². The van der Waals surface area contributed by atoms with Gasteiger partial charge in [-0.25, -0.2) is 4.79 Å². The van der Waals surface area contributed by atoms with Gasteiger partial charge in [0.05, 0.1) is 0 Å². The molecule has 96 valence electrons. The van der Waals surface area contributed by atoms with Crippen molar-refractivity contribution in [1.82, 2.24) is 10.2 Å². The molecule has 0 saturated carbocycles. The lowest BCUT2D eigenvalue weighted by atomic mass is 10.1. The van der Waals surface area contributed by atoms with E-state index in [0.29, 0.717) is 5.69 Å². The Balaban J connectivity index is 2.80. The van der Waals surface area contributed by atoms with Crippen molar-refractivity contribution in [2.75, 3.05) is 26.5 Å². The van der Waals surface area contributed by atoms with E-state index in [1.807, 2.05) is 0 Å². The molecule has 0 unspecified atom stereocenters. The van der Waals surface area contributed by atoms with Gasteiger partial charge in [-0.1, -0.05) is 0 Å². The maximum Gasteiger partial charge on any atom is 0.318 e. The third-order valence-corrected chi connectivity index (χ3v) is 2.23. The van der Waals surface area contributed by atoms with E-state index in [4.69, 9.17) is 0 Å². The van der Waals surface area contributed by atoms with Gasteiger partial charge in [0.15, 0.2) is 0 Å². The fraction of sp³-hybridized carbons (Fsp3) is 0.250. The molecule has 6 heteroatoms. The Labute approximate surface area is 105 Å². The van der Waals surface area contributed by atoms with E-state index in [1.54, 1.807) is 12.1 Å². The fourth-order valence-corrected chi connectivity index (χ4v) is 1.23. The molecule has 0 spiro atoms. The molecule has 0 aromatic heterocycles. The first-order valence-electron chi connectivity index (χ1n) is 5.30. The van der Waals surface area contributed by atoms with Crippen molar-refractivity contribution >= 4 is 23.4 Å². The predicted molar refractivity (Wildman–Crippen MR) is 67.5 cm³/mol. The summed E-state index contributed by atoms with van der Waals surface area (Å²) in [5.74, 6) is -1.16. The number of urea groups is 1. The average Bonchev–Trinajstić information content (AvgIpc) is 2.37. The molecule has 1 aromatic rings. The van der Waals surface area contributed by atoms with Crippen LogP contribution >= 0.6 is 0 Å². The number of hydrogen-bond acceptors (Lipinski definition) is 3. The average molecular weight is 249 g/mol. The quantitative estimate of drug-likeness (QED) is 0.611. The van der Waals surface area contributed by atoms with Gasteiger partial charge in [-0.15, -0.1) is 0 Å². The summed E-state index contributed by atoms with van der Waals surface area (Å²) < 4.78 is 0. The lowest BCUT2D eigenvalue weighted by Gasteiger charge is -2.09. The predicted octanol–water partition coefficient (Wildman–Crippen LogP) is 0.709. The number of Topliss-reactive ketones (excluding diaryl/α,β-unsaturated/α-hetero) is 1. The number of rotatable bonds is 3. The summed E-state index contributed by atoms with van der Waals surface area (Å²) in [7, 11) is 4.53. The van der Waals surface area contributed by atoms with Gasteiger partial charge in [0.2, 0.25) is 5.78 Å². The molecular formula is C12H15N3O3. The second-order valence-electron chi connectivity index (χ2n) is 3.81. The van der Waals surface area contributed by atoms with E-state index >= 15 is 0 Å². The zero-order valence-electron chi connectivity index (χ0n) is 10.5. The molecule has 18 heavy (non-hydrogen) atoms. The van der Waals surface area contributed by atoms with Gasteiger partial charge in [0.25, 0.3) is 5.91 Å². The Morgan fingerprint density at radius 1 is 1.06 bits per heavy atom. The van der Waals surface area contributed by atoms with Gasteiger partial charge in [-0.05, 0) is 24.3 Å². The zero-order chi connectivity index (χ0) is 13.7. The number of hydrogen-bond donors (Lipinski definition) is 2. The van der Waals surface area contributed by atoms with Crippen LogP contribution in [0.3, 0.4) is 0 Å². The highest BCUT2D eigenvalue weighted by atomic mass is 16.2. The van der Waals surface area contributed by atoms with Gasteiger partial charge in [-0.3, -0.25) is 9.59 Å². The number of ketones is 1. The first-order chi connectivity index (χ1) is 8.45. The molecule has 0 saturated heterocycles. The molecule has 0 fully saturated rings. The number of amides is 3. The van der Waals surface area contributed by atoms with Crippen molar-refractivity contribution in [3.05, 3.63) is 29.8 Å². The van der Waals surface area contributed by atoms with Gasteiger partial charge in [-0.2, -0.15) is 0 Å². The topological polar surface area (TPSA) is 78.5 Å². The van der Waals surface area contributed by atoms with Crippen molar-refractivity contribution in [3.63, 3.8) is 0 Å². The molecular weight excluding hydrogens is 234 g/mol. The summed E-state index contributed by atoms with van der Waals surface area (Å²) in [6.45, 7) is 0. The Morgan fingerprint density at radius 2 is 1.61 bits per heavy atom. The first kappa shape index (κ1) is 13.7. The fourth-order valence-electron chi connectivity index (χ4n) is 1.23. The Kier molecular flexibility index (Phi) is 4.42. The molecule has 0 aliphatic heterocycles. The molecule has 2 N–H and O–H groups in total. The lowest BCUT2D eigenvalue weighted by molar-refractivity contribution is -0.124. The Morgan fingerprint density at radius 3 is 2.06 bits per heavy atom. The first-order valence-corrected chi connectivity index (χ1v) is 5.30. The van der Waals surface area contributed by atoms with Crippen LogP contribution in [0.1, 0.15) is 10.4 Å². The van der Waals surface area contributed by atoms with E-state index in [0.717, 1.165) is 0 Å². The molecule has 0 atom stereocenters. The smallest absolute Gasteiger partial charge is 0.318 e. The van der Waals surface area contributed by atoms with Gasteiger partial charge >= 0.3 is 6.03 Å². The zero-order valence-corrected chi connectivity index (χ0v) is 10.5. The molecule has 0 aliphatic rings. The van der Waals surface area contributed by atoms with E-state index in [9.17, 15) is 14.4 Å². The number of anilines is 1. The SMILES string of the molecule is CNC(=O)Nc1ccc(C(=O)C(=O)N(C)C)cc1. The van der Waals surface area contributed by atoms with Crippen LogP contribution < -0.4 is 10.6 Å². The summed E-state index contributed by atoms with van der Waals surface area (Å²) >= 11 is 0. The van der Waals surface area contributed by atoms with Crippen molar-refractivity contribution in [1.29, 1.82) is 0 Å². The minimum Gasteiger partial charge on any atom is -0.342 e. The second-order valence-corrected chi connectivity index (χ2v) is 3.81. The minimum absolute atomic E-state index is 0.288. The molecule has 0 bridgehead atoms. The van der Waals surface area contributed by atoms with Crippen molar-refractivity contribution in [2.45, 2.75) is 0 Å². The molecule has 0 heterocycles. The van der Waals surface area contributed by atoms with Crippen LogP contribution in [0.15, 0.2) is 24.3 Å². The number of carbonyl (C=O) groups excluding carboxylic acids is 3. The van der Waals surface area contributed by atoms with Crippen LogP contribution in [0.4, 0.5) is 10.5 Å². The third-order valence-electron chi connectivity index (χ3n) is 2.23. The summed E-state index contributed by atoms with van der Waals surface area (Å²) in [4.78, 5) is 35.4. The number of benzene rings is 1. The normalized spacial score (nSPS) is 9.50. The van der Waals surface area contributed by atoms with Crippen LogP contribution in [0.2, 0.25) is 0 Å². The highest BCUT2D eigenvalue weighted by molar-refractivity contribution is 6.42. The molecule has 6 nitrogen and oxygen atoms in total. The molecule has 3 amide bonds. The van der Waals surface area contributed by atoms with Gasteiger partial charge in [0, 0.05) is 32.4 Å². The largest absolute Gasteiger partial charge is 0.342 e. The second kappa shape index (κ2) is 5.81. The highest BCUT2D eigenvalue weighted by Crippen LogP contribution is 2.10. The van der Waals surface area contributed by atoms with Crippen molar-refractivity contribution in [3.8, 4) is 0 Å². The summed E-state index contributed by atoms with van der Waals surface area (Å²) in [5, 5.41) is 4.96. The van der Waals surface area contributed by atoms with Crippen LogP contribution in [-0.2, 0) is 4.79 Å². The number of nitrogens with one attached hydrogen (secondary N) is 2. The summed E-state index contributed by atoms with van der Waals surface area (Å²) in [6.07, 6.45) is 0.